The lowest BCUT2D eigenvalue weighted by atomic mass is 10.00. The van der Waals surface area contributed by atoms with Gasteiger partial charge in [-0.3, -0.25) is 0 Å². The molecule has 1 aromatic carbocycles. The number of rotatable bonds is 6. The highest BCUT2D eigenvalue weighted by molar-refractivity contribution is 5.73. The van der Waals surface area contributed by atoms with Gasteiger partial charge in [0, 0.05) is 6.54 Å². The van der Waals surface area contributed by atoms with E-state index in [1.54, 1.807) is 20.1 Å². The first-order chi connectivity index (χ1) is 10.2. The van der Waals surface area contributed by atoms with Crippen LogP contribution in [0.2, 0.25) is 0 Å². The van der Waals surface area contributed by atoms with Crippen LogP contribution < -0.4 is 14.8 Å². The lowest BCUT2D eigenvalue weighted by molar-refractivity contribution is -0.145. The zero-order chi connectivity index (χ0) is 15.2. The molecule has 0 saturated carbocycles. The molecule has 1 aromatic rings. The topological polar surface area (TPSA) is 67.8 Å². The van der Waals surface area contributed by atoms with Crippen molar-refractivity contribution in [3.63, 3.8) is 0 Å². The van der Waals surface area contributed by atoms with Gasteiger partial charge in [0.05, 0.1) is 7.11 Å². The van der Waals surface area contributed by atoms with Crippen molar-refractivity contribution in [2.45, 2.75) is 25.9 Å². The van der Waals surface area contributed by atoms with Crippen LogP contribution in [0.15, 0.2) is 24.3 Å². The Morgan fingerprint density at radius 1 is 1.43 bits per heavy atom. The van der Waals surface area contributed by atoms with Crippen LogP contribution in [0.25, 0.3) is 5.57 Å². The Labute approximate surface area is 124 Å². The van der Waals surface area contributed by atoms with Gasteiger partial charge >= 0.3 is 5.97 Å². The zero-order valence-electron chi connectivity index (χ0n) is 12.4. The minimum Gasteiger partial charge on any atom is -0.493 e. The highest BCUT2D eigenvalue weighted by Gasteiger charge is 2.19. The maximum Gasteiger partial charge on any atom is 0.344 e. The number of aliphatic carboxylic acids is 1. The fraction of sp³-hybridized carbons (Fsp3) is 0.438. The van der Waals surface area contributed by atoms with Gasteiger partial charge in [0.2, 0.25) is 0 Å². The summed E-state index contributed by atoms with van der Waals surface area (Å²) in [5.41, 5.74) is 2.35. The molecule has 1 aliphatic heterocycles. The monoisotopic (exact) mass is 291 g/mol. The Hall–Kier alpha value is -2.01. The van der Waals surface area contributed by atoms with Crippen molar-refractivity contribution in [1.82, 2.24) is 5.32 Å². The Morgan fingerprint density at radius 2 is 2.24 bits per heavy atom. The van der Waals surface area contributed by atoms with Crippen LogP contribution in [-0.4, -0.2) is 37.4 Å². The molecule has 2 N–H and O–H groups in total. The van der Waals surface area contributed by atoms with Crippen molar-refractivity contribution in [2.75, 3.05) is 20.2 Å². The third kappa shape index (κ3) is 3.76. The molecule has 1 atom stereocenters. The van der Waals surface area contributed by atoms with Crippen molar-refractivity contribution >= 4 is 11.5 Å². The predicted molar refractivity (Wildman–Crippen MR) is 80.8 cm³/mol. The van der Waals surface area contributed by atoms with Crippen LogP contribution in [0.4, 0.5) is 0 Å². The molecule has 0 bridgehead atoms. The number of hydrogen-bond donors (Lipinski definition) is 2. The fourth-order valence-corrected chi connectivity index (χ4v) is 2.31. The molecule has 0 aliphatic carbocycles. The Morgan fingerprint density at radius 3 is 2.81 bits per heavy atom. The minimum atomic E-state index is -0.968. The molecule has 2 rings (SSSR count). The number of ether oxygens (including phenoxy) is 2. The smallest absolute Gasteiger partial charge is 0.344 e. The summed E-state index contributed by atoms with van der Waals surface area (Å²) >= 11 is 0. The summed E-state index contributed by atoms with van der Waals surface area (Å²) in [5, 5.41) is 12.3. The van der Waals surface area contributed by atoms with Gasteiger partial charge in [-0.1, -0.05) is 19.1 Å². The largest absolute Gasteiger partial charge is 0.493 e. The first-order valence-electron chi connectivity index (χ1n) is 7.13. The Bertz CT molecular complexity index is 539. The van der Waals surface area contributed by atoms with Crippen molar-refractivity contribution in [1.29, 1.82) is 0 Å². The van der Waals surface area contributed by atoms with Gasteiger partial charge in [0.15, 0.2) is 17.6 Å². The van der Waals surface area contributed by atoms with E-state index in [1.807, 2.05) is 12.1 Å². The molecule has 5 nitrogen and oxygen atoms in total. The molecule has 5 heteroatoms. The second-order valence-corrected chi connectivity index (χ2v) is 4.90. The molecule has 0 aromatic heterocycles. The molecule has 1 unspecified atom stereocenters. The maximum absolute atomic E-state index is 11.1. The van der Waals surface area contributed by atoms with Gasteiger partial charge in [-0.15, -0.1) is 0 Å². The molecule has 1 aliphatic rings. The third-order valence-electron chi connectivity index (χ3n) is 3.51. The molecular weight excluding hydrogens is 270 g/mol. The third-order valence-corrected chi connectivity index (χ3v) is 3.51. The second kappa shape index (κ2) is 7.13. The van der Waals surface area contributed by atoms with E-state index in [9.17, 15) is 4.79 Å². The van der Waals surface area contributed by atoms with Crippen LogP contribution >= 0.6 is 0 Å². The number of nitrogens with one attached hydrogen (secondary N) is 1. The normalized spacial score (nSPS) is 16.0. The van der Waals surface area contributed by atoms with Crippen LogP contribution in [0, 0.1) is 0 Å². The lowest BCUT2D eigenvalue weighted by Crippen LogP contribution is -2.26. The van der Waals surface area contributed by atoms with E-state index in [4.69, 9.17) is 14.6 Å². The van der Waals surface area contributed by atoms with E-state index in [-0.39, 0.29) is 0 Å². The van der Waals surface area contributed by atoms with Gasteiger partial charge in [-0.25, -0.2) is 4.79 Å². The summed E-state index contributed by atoms with van der Waals surface area (Å²) in [6.45, 7) is 3.61. The van der Waals surface area contributed by atoms with E-state index >= 15 is 0 Å². The Balaban J connectivity index is 2.23. The van der Waals surface area contributed by atoms with Crippen molar-refractivity contribution in [3.8, 4) is 11.5 Å². The first-order valence-corrected chi connectivity index (χ1v) is 7.13. The van der Waals surface area contributed by atoms with Crippen LogP contribution in [-0.2, 0) is 4.79 Å². The molecule has 21 heavy (non-hydrogen) atoms. The average Bonchev–Trinajstić information content (AvgIpc) is 2.53. The molecule has 0 fully saturated rings. The zero-order valence-corrected chi connectivity index (χ0v) is 12.4. The maximum atomic E-state index is 11.1. The van der Waals surface area contributed by atoms with Gasteiger partial charge in [-0.05, 0) is 42.7 Å². The molecular formula is C16H21NO4. The van der Waals surface area contributed by atoms with E-state index in [0.29, 0.717) is 17.9 Å². The number of methoxy groups -OCH3 is 1. The number of carboxylic acid groups (broad SMARTS) is 1. The fourth-order valence-electron chi connectivity index (χ4n) is 2.31. The van der Waals surface area contributed by atoms with E-state index in [0.717, 1.165) is 25.1 Å². The summed E-state index contributed by atoms with van der Waals surface area (Å²) in [4.78, 5) is 11.1. The molecule has 0 amide bonds. The van der Waals surface area contributed by atoms with Crippen LogP contribution in [0.5, 0.6) is 11.5 Å². The molecule has 114 valence electrons. The number of benzene rings is 1. The number of hydrogen-bond acceptors (Lipinski definition) is 4. The van der Waals surface area contributed by atoms with E-state index in [2.05, 4.69) is 11.4 Å². The summed E-state index contributed by atoms with van der Waals surface area (Å²) < 4.78 is 10.9. The van der Waals surface area contributed by atoms with Crippen molar-refractivity contribution in [3.05, 3.63) is 29.8 Å². The van der Waals surface area contributed by atoms with Gasteiger partial charge in [-0.2, -0.15) is 0 Å². The summed E-state index contributed by atoms with van der Waals surface area (Å²) in [5.74, 6) is 0.0568. The van der Waals surface area contributed by atoms with Crippen LogP contribution in [0.3, 0.4) is 0 Å². The predicted octanol–water partition coefficient (Wildman–Crippen LogP) is 2.31. The van der Waals surface area contributed by atoms with E-state index in [1.165, 1.54) is 5.57 Å². The standard InChI is InChI=1S/C16H21NO4/c1-3-13(16(18)19)21-14-5-4-12(10-15(14)20-2)11-6-8-17-9-7-11/h4-6,10,13,17H,3,7-9H2,1-2H3,(H,18,19). The number of carboxylic acids is 1. The van der Waals surface area contributed by atoms with Crippen molar-refractivity contribution < 1.29 is 19.4 Å². The second-order valence-electron chi connectivity index (χ2n) is 4.90. The summed E-state index contributed by atoms with van der Waals surface area (Å²) in [7, 11) is 1.56. The minimum absolute atomic E-state index is 0.400. The first kappa shape index (κ1) is 15.4. The molecule has 1 heterocycles. The Kier molecular flexibility index (Phi) is 5.22. The SMILES string of the molecule is CCC(Oc1ccc(C2=CCNCC2)cc1OC)C(=O)O. The highest BCUT2D eigenvalue weighted by atomic mass is 16.5. The quantitative estimate of drug-likeness (QED) is 0.842. The average molecular weight is 291 g/mol. The van der Waals surface area contributed by atoms with Gasteiger partial charge in [0.1, 0.15) is 0 Å². The molecule has 0 saturated heterocycles. The molecule has 0 radical (unpaired) electrons. The number of carbonyl (C=O) groups is 1. The highest BCUT2D eigenvalue weighted by Crippen LogP contribution is 2.32. The lowest BCUT2D eigenvalue weighted by Gasteiger charge is -2.18. The van der Waals surface area contributed by atoms with Crippen LogP contribution in [0.1, 0.15) is 25.3 Å². The van der Waals surface area contributed by atoms with Crippen molar-refractivity contribution in [2.24, 2.45) is 0 Å². The summed E-state index contributed by atoms with van der Waals surface area (Å²) in [6, 6.07) is 5.63. The van der Waals surface area contributed by atoms with Gasteiger partial charge < -0.3 is 19.9 Å². The van der Waals surface area contributed by atoms with E-state index < -0.39 is 12.1 Å². The summed E-state index contributed by atoms with van der Waals surface area (Å²) in [6.07, 6.45) is 2.67. The van der Waals surface area contributed by atoms with Gasteiger partial charge in [0.25, 0.3) is 0 Å². The molecule has 0 spiro atoms.